The molecule has 1 amide bonds. The molecule has 2 atom stereocenters. The van der Waals surface area contributed by atoms with Crippen LogP contribution < -0.4 is 0 Å². The highest BCUT2D eigenvalue weighted by Gasteiger charge is 2.54. The summed E-state index contributed by atoms with van der Waals surface area (Å²) in [7, 11) is 0. The zero-order valence-corrected chi connectivity index (χ0v) is 17.5. The Hall–Kier alpha value is -0.570. The normalized spacial score (nSPS) is 32.4. The molecule has 156 valence electrons. The van der Waals surface area contributed by atoms with Crippen LogP contribution in [-0.2, 0) is 4.79 Å². The van der Waals surface area contributed by atoms with Crippen molar-refractivity contribution in [2.45, 2.75) is 128 Å². The van der Waals surface area contributed by atoms with Crippen molar-refractivity contribution >= 4 is 5.91 Å². The summed E-state index contributed by atoms with van der Waals surface area (Å²) in [6.45, 7) is 0. The maximum atomic E-state index is 13.1. The number of nitrogens with zero attached hydrogens (tertiary/aromatic N) is 1. The average molecular weight is 378 g/mol. The molecule has 0 radical (unpaired) electrons. The summed E-state index contributed by atoms with van der Waals surface area (Å²) in [4.78, 5) is 13.1. The molecule has 0 spiro atoms. The first-order valence-electron chi connectivity index (χ1n) is 12.3. The lowest BCUT2D eigenvalue weighted by Crippen LogP contribution is -2.36. The Morgan fingerprint density at radius 1 is 0.556 bits per heavy atom. The molecule has 27 heavy (non-hydrogen) atoms. The number of fused-ring (bicyclic) bond motifs is 1. The quantitative estimate of drug-likeness (QED) is 0.421. The number of amides is 1. The van der Waals surface area contributed by atoms with Gasteiger partial charge in [0.1, 0.15) is 0 Å². The van der Waals surface area contributed by atoms with Gasteiger partial charge in [-0.3, -0.25) is 10.0 Å². The fourth-order valence-electron chi connectivity index (χ4n) is 5.77. The Morgan fingerprint density at radius 3 is 1.30 bits per heavy atom. The van der Waals surface area contributed by atoms with E-state index < -0.39 is 0 Å². The van der Waals surface area contributed by atoms with Gasteiger partial charge in [0.2, 0.25) is 5.91 Å². The molecule has 0 aromatic carbocycles. The predicted molar refractivity (Wildman–Crippen MR) is 111 cm³/mol. The van der Waals surface area contributed by atoms with E-state index in [1.54, 1.807) is 0 Å². The van der Waals surface area contributed by atoms with Crippen molar-refractivity contribution in [2.75, 3.05) is 0 Å². The van der Waals surface area contributed by atoms with Crippen LogP contribution in [0.3, 0.4) is 0 Å². The first-order valence-corrected chi connectivity index (χ1v) is 12.3. The molecule has 1 N–H and O–H groups in total. The fourth-order valence-corrected chi connectivity index (χ4v) is 5.77. The van der Waals surface area contributed by atoms with Crippen LogP contribution in [0.1, 0.15) is 122 Å². The third-order valence-electron chi connectivity index (χ3n) is 7.57. The van der Waals surface area contributed by atoms with Gasteiger partial charge in [-0.05, 0) is 37.5 Å². The van der Waals surface area contributed by atoms with Crippen molar-refractivity contribution in [3.05, 3.63) is 0 Å². The van der Waals surface area contributed by atoms with E-state index in [0.717, 1.165) is 25.7 Å². The monoisotopic (exact) mass is 377 g/mol. The number of rotatable bonds is 2. The Balaban J connectivity index is 1.54. The third kappa shape index (κ3) is 6.48. The van der Waals surface area contributed by atoms with Crippen LogP contribution in [0.4, 0.5) is 0 Å². The van der Waals surface area contributed by atoms with E-state index in [1.807, 2.05) is 0 Å². The smallest absolute Gasteiger partial charge is 0.249 e. The van der Waals surface area contributed by atoms with Gasteiger partial charge in [0.15, 0.2) is 0 Å². The third-order valence-corrected chi connectivity index (χ3v) is 7.57. The van der Waals surface area contributed by atoms with Crippen LogP contribution >= 0.6 is 0 Å². The number of carbonyl (C=O) groups is 1. The van der Waals surface area contributed by atoms with Gasteiger partial charge in [-0.2, -0.15) is 0 Å². The lowest BCUT2D eigenvalue weighted by molar-refractivity contribution is -0.175. The summed E-state index contributed by atoms with van der Waals surface area (Å²) in [5, 5.41) is 12.1. The molecule has 3 rings (SSSR count). The molecule has 3 saturated carbocycles. The molecule has 0 aromatic heterocycles. The molecule has 0 aliphatic heterocycles. The van der Waals surface area contributed by atoms with Crippen molar-refractivity contribution in [2.24, 2.45) is 17.8 Å². The highest BCUT2D eigenvalue weighted by Crippen LogP contribution is 2.50. The molecular weight excluding hydrogens is 334 g/mol. The van der Waals surface area contributed by atoms with E-state index in [0.29, 0.717) is 11.8 Å². The largest absolute Gasteiger partial charge is 0.286 e. The van der Waals surface area contributed by atoms with Crippen molar-refractivity contribution in [1.82, 2.24) is 5.06 Å². The minimum atomic E-state index is 0.0545. The molecule has 3 aliphatic carbocycles. The molecule has 3 aliphatic rings. The van der Waals surface area contributed by atoms with Crippen LogP contribution in [0, 0.1) is 17.8 Å². The second-order valence-corrected chi connectivity index (χ2v) is 9.66. The molecule has 3 fully saturated rings. The van der Waals surface area contributed by atoms with Gasteiger partial charge in [-0.1, -0.05) is 96.3 Å². The van der Waals surface area contributed by atoms with Crippen molar-refractivity contribution in [1.29, 1.82) is 0 Å². The van der Waals surface area contributed by atoms with Gasteiger partial charge >= 0.3 is 0 Å². The molecule has 0 aromatic rings. The number of carbonyl (C=O) groups excluding carboxylic acids is 1. The molecule has 0 bridgehead atoms. The summed E-state index contributed by atoms with van der Waals surface area (Å²) in [5.41, 5.74) is 0. The van der Waals surface area contributed by atoms with Crippen molar-refractivity contribution < 1.29 is 10.0 Å². The van der Waals surface area contributed by atoms with Crippen LogP contribution in [-0.4, -0.2) is 22.2 Å². The van der Waals surface area contributed by atoms with Gasteiger partial charge in [-0.25, -0.2) is 5.06 Å². The van der Waals surface area contributed by atoms with Gasteiger partial charge in [-0.15, -0.1) is 0 Å². The average Bonchev–Trinajstić information content (AvgIpc) is 3.38. The molecular formula is C24H43NO2. The molecule has 0 heterocycles. The molecule has 2 unspecified atom stereocenters. The second-order valence-electron chi connectivity index (χ2n) is 9.66. The van der Waals surface area contributed by atoms with Gasteiger partial charge in [0.25, 0.3) is 0 Å². The lowest BCUT2D eigenvalue weighted by atomic mass is 9.94. The Labute approximate surface area is 167 Å². The molecule has 3 nitrogen and oxygen atoms in total. The maximum absolute atomic E-state index is 13.1. The number of hydroxylamine groups is 2. The first kappa shape index (κ1) is 21.1. The number of hydrogen-bond donors (Lipinski definition) is 1. The van der Waals surface area contributed by atoms with E-state index in [9.17, 15) is 10.0 Å². The Morgan fingerprint density at radius 2 is 0.889 bits per heavy atom. The van der Waals surface area contributed by atoms with Gasteiger partial charge in [0, 0.05) is 5.92 Å². The zero-order valence-electron chi connectivity index (χ0n) is 17.5. The van der Waals surface area contributed by atoms with Crippen LogP contribution in [0.25, 0.3) is 0 Å². The Kier molecular flexibility index (Phi) is 8.96. The van der Waals surface area contributed by atoms with Gasteiger partial charge < -0.3 is 0 Å². The predicted octanol–water partition coefficient (Wildman–Crippen LogP) is 6.87. The second kappa shape index (κ2) is 11.4. The standard InChI is InChI=1S/C24H43NO2/c26-24(20-16-12-8-4-1-2-5-9-13-17-20)25(27)23-21-18-14-10-6-3-7-11-15-19-22(21)23/h20-23,27H,1-19H2. The summed E-state index contributed by atoms with van der Waals surface area (Å²) in [6, 6.07) is 0.134. The highest BCUT2D eigenvalue weighted by molar-refractivity contribution is 5.78. The minimum Gasteiger partial charge on any atom is -0.286 e. The number of hydrogen-bond acceptors (Lipinski definition) is 2. The minimum absolute atomic E-state index is 0.0545. The zero-order chi connectivity index (χ0) is 18.9. The highest BCUT2D eigenvalue weighted by atomic mass is 16.5. The summed E-state index contributed by atoms with van der Waals surface area (Å²) >= 11 is 0. The topological polar surface area (TPSA) is 40.5 Å². The van der Waals surface area contributed by atoms with E-state index in [4.69, 9.17) is 0 Å². The first-order chi connectivity index (χ1) is 13.3. The van der Waals surface area contributed by atoms with Crippen LogP contribution in [0.2, 0.25) is 0 Å². The van der Waals surface area contributed by atoms with E-state index >= 15 is 0 Å². The SMILES string of the molecule is O=C(C1CCCCCCCCCC1)N(O)C1C2CCCCCCCCCC21. The lowest BCUT2D eigenvalue weighted by Gasteiger charge is -2.23. The molecule has 3 heteroatoms. The summed E-state index contributed by atoms with van der Waals surface area (Å²) in [6.07, 6.45) is 23.9. The fraction of sp³-hybridized carbons (Fsp3) is 0.958. The van der Waals surface area contributed by atoms with Crippen LogP contribution in [0.15, 0.2) is 0 Å². The van der Waals surface area contributed by atoms with E-state index in [2.05, 4.69) is 0 Å². The summed E-state index contributed by atoms with van der Waals surface area (Å²) < 4.78 is 0. The summed E-state index contributed by atoms with van der Waals surface area (Å²) in [5.74, 6) is 1.26. The maximum Gasteiger partial charge on any atom is 0.249 e. The molecule has 0 saturated heterocycles. The van der Waals surface area contributed by atoms with E-state index in [-0.39, 0.29) is 17.9 Å². The van der Waals surface area contributed by atoms with Crippen LogP contribution in [0.5, 0.6) is 0 Å². The van der Waals surface area contributed by atoms with Crippen molar-refractivity contribution in [3.63, 3.8) is 0 Å². The van der Waals surface area contributed by atoms with E-state index in [1.165, 1.54) is 101 Å². The Bertz CT molecular complexity index is 410. The van der Waals surface area contributed by atoms with Crippen molar-refractivity contribution in [3.8, 4) is 0 Å². The van der Waals surface area contributed by atoms with Gasteiger partial charge in [0.05, 0.1) is 6.04 Å².